The maximum absolute atomic E-state index is 12.4. The van der Waals surface area contributed by atoms with Crippen molar-refractivity contribution in [1.29, 1.82) is 0 Å². The molecule has 5 heteroatoms. The second-order valence-corrected chi connectivity index (χ2v) is 9.08. The third kappa shape index (κ3) is 4.78. The van der Waals surface area contributed by atoms with Crippen LogP contribution in [-0.4, -0.2) is 20.1 Å². The summed E-state index contributed by atoms with van der Waals surface area (Å²) >= 11 is 0. The summed E-state index contributed by atoms with van der Waals surface area (Å²) in [6.45, 7) is 1.86. The minimum atomic E-state index is -3.82. The lowest BCUT2D eigenvalue weighted by atomic mass is 9.72. The first-order chi connectivity index (χ1) is 12.9. The Morgan fingerprint density at radius 2 is 1.63 bits per heavy atom. The molecule has 1 atom stereocenters. The van der Waals surface area contributed by atoms with Gasteiger partial charge in [0.2, 0.25) is 0 Å². The van der Waals surface area contributed by atoms with Crippen LogP contribution in [0, 0.1) is 12.8 Å². The molecule has 0 heterocycles. The van der Waals surface area contributed by atoms with Crippen molar-refractivity contribution in [2.45, 2.75) is 55.9 Å². The minimum absolute atomic E-state index is 0.0435. The summed E-state index contributed by atoms with van der Waals surface area (Å²) in [6, 6.07) is 16.2. The van der Waals surface area contributed by atoms with Crippen LogP contribution < -0.4 is 0 Å². The van der Waals surface area contributed by atoms with Gasteiger partial charge in [-0.05, 0) is 43.4 Å². The van der Waals surface area contributed by atoms with E-state index in [9.17, 15) is 13.5 Å². The van der Waals surface area contributed by atoms with Crippen molar-refractivity contribution in [2.24, 2.45) is 5.92 Å². The van der Waals surface area contributed by atoms with E-state index in [0.717, 1.165) is 36.8 Å². The van der Waals surface area contributed by atoms with Gasteiger partial charge >= 0.3 is 0 Å². The van der Waals surface area contributed by atoms with Gasteiger partial charge in [-0.25, -0.2) is 0 Å². The first-order valence-electron chi connectivity index (χ1n) is 9.66. The van der Waals surface area contributed by atoms with Gasteiger partial charge in [0.25, 0.3) is 10.1 Å². The maximum atomic E-state index is 12.4. The number of aliphatic hydroxyl groups is 1. The molecule has 146 valence electrons. The average Bonchev–Trinajstić information content (AvgIpc) is 2.69. The Kier molecular flexibility index (Phi) is 6.35. The average molecular weight is 389 g/mol. The van der Waals surface area contributed by atoms with Crippen molar-refractivity contribution >= 4 is 10.1 Å². The van der Waals surface area contributed by atoms with Gasteiger partial charge < -0.3 is 5.11 Å². The van der Waals surface area contributed by atoms with Crippen LogP contribution in [0.4, 0.5) is 0 Å². The predicted molar refractivity (Wildman–Crippen MR) is 106 cm³/mol. The van der Waals surface area contributed by atoms with Gasteiger partial charge in [0.15, 0.2) is 0 Å². The first-order valence-corrected chi connectivity index (χ1v) is 11.1. The highest BCUT2D eigenvalue weighted by atomic mass is 32.2. The van der Waals surface area contributed by atoms with Crippen LogP contribution in [0.15, 0.2) is 59.5 Å². The Morgan fingerprint density at radius 3 is 2.26 bits per heavy atom. The molecule has 1 aliphatic carbocycles. The molecular formula is C22H28O4S. The van der Waals surface area contributed by atoms with E-state index >= 15 is 0 Å². The van der Waals surface area contributed by atoms with E-state index in [0.29, 0.717) is 0 Å². The van der Waals surface area contributed by atoms with Gasteiger partial charge in [0.1, 0.15) is 0 Å². The highest BCUT2D eigenvalue weighted by Crippen LogP contribution is 2.41. The zero-order chi connectivity index (χ0) is 19.3. The van der Waals surface area contributed by atoms with E-state index in [1.54, 1.807) is 24.3 Å². The van der Waals surface area contributed by atoms with Crippen LogP contribution in [0.5, 0.6) is 0 Å². The third-order valence-corrected chi connectivity index (χ3v) is 6.91. The van der Waals surface area contributed by atoms with E-state index in [-0.39, 0.29) is 23.8 Å². The Morgan fingerprint density at radius 1 is 1.00 bits per heavy atom. The molecule has 0 saturated heterocycles. The largest absolute Gasteiger partial charge is 0.385 e. The molecule has 4 nitrogen and oxygen atoms in total. The van der Waals surface area contributed by atoms with Crippen LogP contribution >= 0.6 is 0 Å². The standard InChI is InChI=1S/C22H28O4S/c1-18-12-14-21(15-13-18)27(24,25)26-17-16-22(23,19-8-4-2-5-9-19)20-10-6-3-7-11-20/h2,4-5,8-9,12-15,20,23H,3,6-7,10-11,16-17H2,1H3/t22-/m0/s1. The summed E-state index contributed by atoms with van der Waals surface area (Å²) in [6.07, 6.45) is 5.56. The van der Waals surface area contributed by atoms with Gasteiger partial charge in [-0.15, -0.1) is 0 Å². The van der Waals surface area contributed by atoms with E-state index < -0.39 is 15.7 Å². The van der Waals surface area contributed by atoms with Crippen molar-refractivity contribution in [3.63, 3.8) is 0 Å². The summed E-state index contributed by atoms with van der Waals surface area (Å²) in [5.41, 5.74) is 0.766. The Balaban J connectivity index is 1.74. The molecule has 1 saturated carbocycles. The van der Waals surface area contributed by atoms with Crippen molar-refractivity contribution in [2.75, 3.05) is 6.61 Å². The summed E-state index contributed by atoms with van der Waals surface area (Å²) in [5, 5.41) is 11.5. The molecule has 1 aliphatic rings. The molecule has 2 aromatic carbocycles. The molecule has 2 aromatic rings. The van der Waals surface area contributed by atoms with Crippen molar-refractivity contribution in [1.82, 2.24) is 0 Å². The topological polar surface area (TPSA) is 63.6 Å². The van der Waals surface area contributed by atoms with Crippen LogP contribution in [0.1, 0.15) is 49.7 Å². The van der Waals surface area contributed by atoms with Crippen LogP contribution in [0.2, 0.25) is 0 Å². The Bertz CT molecular complexity index is 824. The molecule has 0 spiro atoms. The molecule has 0 aromatic heterocycles. The van der Waals surface area contributed by atoms with Crippen LogP contribution in [0.3, 0.4) is 0 Å². The first kappa shape index (κ1) is 20.1. The number of rotatable bonds is 7. The molecule has 1 fully saturated rings. The summed E-state index contributed by atoms with van der Waals surface area (Å²) in [5.74, 6) is 0.124. The number of hydrogen-bond donors (Lipinski definition) is 1. The third-order valence-electron chi connectivity index (χ3n) is 5.59. The smallest absolute Gasteiger partial charge is 0.296 e. The van der Waals surface area contributed by atoms with Gasteiger partial charge in [0.05, 0.1) is 17.1 Å². The highest BCUT2D eigenvalue weighted by molar-refractivity contribution is 7.86. The maximum Gasteiger partial charge on any atom is 0.296 e. The fourth-order valence-corrected chi connectivity index (χ4v) is 4.88. The van der Waals surface area contributed by atoms with E-state index in [4.69, 9.17) is 4.18 Å². The van der Waals surface area contributed by atoms with Gasteiger partial charge in [-0.3, -0.25) is 4.18 Å². The molecule has 3 rings (SSSR count). The highest BCUT2D eigenvalue weighted by Gasteiger charge is 2.39. The zero-order valence-corrected chi connectivity index (χ0v) is 16.6. The minimum Gasteiger partial charge on any atom is -0.385 e. The molecule has 27 heavy (non-hydrogen) atoms. The fourth-order valence-electron chi connectivity index (χ4n) is 3.97. The number of aryl methyl sites for hydroxylation is 1. The molecule has 0 aliphatic heterocycles. The van der Waals surface area contributed by atoms with Crippen molar-refractivity contribution in [3.8, 4) is 0 Å². The van der Waals surface area contributed by atoms with Crippen molar-refractivity contribution < 1.29 is 17.7 Å². The fraction of sp³-hybridized carbons (Fsp3) is 0.455. The molecular weight excluding hydrogens is 360 g/mol. The SMILES string of the molecule is Cc1ccc(S(=O)(=O)OCC[C@](O)(c2ccccc2)C2CCCCC2)cc1. The quantitative estimate of drug-likeness (QED) is 0.706. The summed E-state index contributed by atoms with van der Waals surface area (Å²) in [7, 11) is -3.82. The number of hydrogen-bond acceptors (Lipinski definition) is 4. The Labute approximate surface area is 162 Å². The number of benzene rings is 2. The second-order valence-electron chi connectivity index (χ2n) is 7.46. The molecule has 0 bridgehead atoms. The van der Waals surface area contributed by atoms with E-state index in [2.05, 4.69) is 0 Å². The van der Waals surface area contributed by atoms with E-state index in [1.165, 1.54) is 6.42 Å². The second kappa shape index (κ2) is 8.55. The molecule has 0 unspecified atom stereocenters. The van der Waals surface area contributed by atoms with E-state index in [1.807, 2.05) is 37.3 Å². The normalized spacial score (nSPS) is 18.1. The molecule has 0 amide bonds. The summed E-state index contributed by atoms with van der Waals surface area (Å²) in [4.78, 5) is 0.147. The molecule has 0 radical (unpaired) electrons. The predicted octanol–water partition coefficient (Wildman–Crippen LogP) is 4.56. The van der Waals surface area contributed by atoms with Gasteiger partial charge in [-0.2, -0.15) is 8.42 Å². The van der Waals surface area contributed by atoms with Crippen LogP contribution in [-0.2, 0) is 19.9 Å². The lowest BCUT2D eigenvalue weighted by molar-refractivity contribution is -0.0535. The zero-order valence-electron chi connectivity index (χ0n) is 15.8. The van der Waals surface area contributed by atoms with Gasteiger partial charge in [0, 0.05) is 6.42 Å². The lowest BCUT2D eigenvalue weighted by Gasteiger charge is -2.39. The molecule has 1 N–H and O–H groups in total. The van der Waals surface area contributed by atoms with Crippen LogP contribution in [0.25, 0.3) is 0 Å². The van der Waals surface area contributed by atoms with Gasteiger partial charge in [-0.1, -0.05) is 67.3 Å². The summed E-state index contributed by atoms with van der Waals surface area (Å²) < 4.78 is 30.2. The monoisotopic (exact) mass is 388 g/mol. The lowest BCUT2D eigenvalue weighted by Crippen LogP contribution is -2.38. The Hall–Kier alpha value is -1.69. The van der Waals surface area contributed by atoms with Crippen molar-refractivity contribution in [3.05, 3.63) is 65.7 Å².